The Morgan fingerprint density at radius 3 is 2.64 bits per heavy atom. The Morgan fingerprint density at radius 2 is 2.00 bits per heavy atom. The molecule has 5 nitrogen and oxygen atoms in total. The number of hydrogen-bond donors (Lipinski definition) is 3. The van der Waals surface area contributed by atoms with Gasteiger partial charge in [-0.15, -0.1) is 0 Å². The van der Waals surface area contributed by atoms with Crippen LogP contribution < -0.4 is 0 Å². The molecule has 0 bridgehead atoms. The average molecular weight is 417 g/mol. The molecule has 0 spiro atoms. The summed E-state index contributed by atoms with van der Waals surface area (Å²) in [5.41, 5.74) is -1.59. The van der Waals surface area contributed by atoms with Crippen LogP contribution in [0.15, 0.2) is 23.8 Å². The number of allylic oxidation sites excluding steroid dienone is 4. The van der Waals surface area contributed by atoms with Crippen molar-refractivity contribution in [2.75, 3.05) is 6.61 Å². The van der Waals surface area contributed by atoms with Gasteiger partial charge in [-0.3, -0.25) is 9.59 Å². The Balaban J connectivity index is 0.00000225. The van der Waals surface area contributed by atoms with Gasteiger partial charge in [0.15, 0.2) is 11.6 Å². The predicted molar refractivity (Wildman–Crippen MR) is 108 cm³/mol. The molecule has 0 heterocycles. The van der Waals surface area contributed by atoms with Gasteiger partial charge in [0.1, 0.15) is 12.2 Å². The number of ketones is 2. The molecule has 4 aliphatic carbocycles. The first-order valence-corrected chi connectivity index (χ1v) is 10.1. The Hall–Kier alpha value is -0.0403. The van der Waals surface area contributed by atoms with Gasteiger partial charge < -0.3 is 15.3 Å². The second-order valence-corrected chi connectivity index (χ2v) is 9.72. The van der Waals surface area contributed by atoms with Gasteiger partial charge in [0.25, 0.3) is 0 Å². The summed E-state index contributed by atoms with van der Waals surface area (Å²) in [6.07, 6.45) is 6.87. The summed E-state index contributed by atoms with van der Waals surface area (Å²) in [4.78, 5) is 24.4. The summed E-state index contributed by atoms with van der Waals surface area (Å²) in [5, 5.41) is 31.9. The molecule has 28 heavy (non-hydrogen) atoms. The van der Waals surface area contributed by atoms with E-state index in [0.29, 0.717) is 12.8 Å². The van der Waals surface area contributed by atoms with Crippen LogP contribution >= 0.6 is 0 Å². The molecule has 0 saturated heterocycles. The molecule has 8 atom stereocenters. The third-order valence-corrected chi connectivity index (χ3v) is 8.57. The first-order chi connectivity index (χ1) is 12.6. The van der Waals surface area contributed by atoms with Crippen LogP contribution in [0.2, 0.25) is 0 Å². The minimum absolute atomic E-state index is 0. The van der Waals surface area contributed by atoms with Gasteiger partial charge in [0, 0.05) is 16.7 Å². The van der Waals surface area contributed by atoms with E-state index in [1.165, 1.54) is 0 Å². The molecule has 4 rings (SSSR count). The van der Waals surface area contributed by atoms with Crippen LogP contribution in [0.4, 0.5) is 0 Å². The van der Waals surface area contributed by atoms with Gasteiger partial charge in [0.2, 0.25) is 0 Å². The van der Waals surface area contributed by atoms with Crippen LogP contribution in [0.1, 0.15) is 46.5 Å². The first kappa shape index (κ1) is 22.6. The quantitative estimate of drug-likeness (QED) is 0.581. The molecule has 6 heteroatoms. The van der Waals surface area contributed by atoms with E-state index in [4.69, 9.17) is 0 Å². The third-order valence-electron chi connectivity index (χ3n) is 8.57. The molecular weight excluding hydrogens is 384 g/mol. The van der Waals surface area contributed by atoms with E-state index in [0.717, 1.165) is 18.4 Å². The Kier molecular flexibility index (Phi) is 5.89. The summed E-state index contributed by atoms with van der Waals surface area (Å²) in [5.74, 6) is -0.0768. The zero-order valence-corrected chi connectivity index (χ0v) is 16.3. The van der Waals surface area contributed by atoms with E-state index in [2.05, 4.69) is 13.8 Å². The Bertz CT molecular complexity index is 760. The van der Waals surface area contributed by atoms with Crippen LogP contribution in [-0.4, -0.2) is 82.9 Å². The second kappa shape index (κ2) is 7.28. The van der Waals surface area contributed by atoms with Crippen molar-refractivity contribution < 1.29 is 24.9 Å². The van der Waals surface area contributed by atoms with E-state index < -0.39 is 29.5 Å². The molecule has 3 fully saturated rings. The van der Waals surface area contributed by atoms with Crippen molar-refractivity contribution in [1.82, 2.24) is 0 Å². The van der Waals surface area contributed by atoms with Crippen molar-refractivity contribution in [1.29, 1.82) is 0 Å². The van der Waals surface area contributed by atoms with Crippen molar-refractivity contribution in [3.05, 3.63) is 23.8 Å². The van der Waals surface area contributed by atoms with E-state index in [-0.39, 0.29) is 72.6 Å². The van der Waals surface area contributed by atoms with Gasteiger partial charge in [0.05, 0.1) is 6.10 Å². The molecule has 3 N–H and O–H groups in total. The molecule has 3 saturated carbocycles. The molecule has 0 radical (unpaired) electrons. The van der Waals surface area contributed by atoms with Crippen LogP contribution in [0.25, 0.3) is 0 Å². The predicted octanol–water partition coefficient (Wildman–Crippen LogP) is 0.887. The van der Waals surface area contributed by atoms with Gasteiger partial charge >= 0.3 is 37.7 Å². The molecule has 0 aliphatic heterocycles. The van der Waals surface area contributed by atoms with Gasteiger partial charge in [-0.25, -0.2) is 0 Å². The maximum absolute atomic E-state index is 12.4. The molecular formula is C22H32CaO5. The van der Waals surface area contributed by atoms with Crippen molar-refractivity contribution in [3.8, 4) is 0 Å². The number of fused-ring (bicyclic) bond motifs is 5. The Labute approximate surface area is 196 Å². The second-order valence-electron chi connectivity index (χ2n) is 9.72. The third kappa shape index (κ3) is 2.80. The van der Waals surface area contributed by atoms with E-state index in [1.54, 1.807) is 12.2 Å². The topological polar surface area (TPSA) is 94.8 Å². The van der Waals surface area contributed by atoms with E-state index >= 15 is 0 Å². The first-order valence-electron chi connectivity index (χ1n) is 10.1. The fourth-order valence-corrected chi connectivity index (χ4v) is 7.34. The zero-order valence-electron chi connectivity index (χ0n) is 16.3. The average Bonchev–Trinajstić information content (AvgIpc) is 2.87. The molecule has 0 aromatic carbocycles. The van der Waals surface area contributed by atoms with Crippen LogP contribution in [0.5, 0.6) is 0 Å². The summed E-state index contributed by atoms with van der Waals surface area (Å²) in [7, 11) is 0. The number of Topliss-reactive ketones (excluding diaryl/α,β-unsaturated/α-hetero) is 1. The Morgan fingerprint density at radius 1 is 1.32 bits per heavy atom. The zero-order chi connectivity index (χ0) is 19.8. The number of carbonyl (C=O) groups is 2. The van der Waals surface area contributed by atoms with Gasteiger partial charge in [-0.2, -0.15) is 0 Å². The standard InChI is InChI=1S/C22H30O5.Ca.2H/c1-12-8-14-15-5-7-22(27,18(26)11-23)21(15,3)10-17(25)19(14)20(2)6-4-13(24)9-16(12)20;;;/h4,6,9,12,14-15,17,19,23,25,27H,5,7-8,10-11H2,1-3H3;;;/t12-,14-,15-,17-,19+,20-,21-,22-;;;/m0.../s1. The summed E-state index contributed by atoms with van der Waals surface area (Å²) in [6, 6.07) is 0. The monoisotopic (exact) mass is 416 g/mol. The van der Waals surface area contributed by atoms with Crippen LogP contribution in [0.3, 0.4) is 0 Å². The number of rotatable bonds is 2. The normalized spacial score (nSPS) is 49.4. The van der Waals surface area contributed by atoms with Gasteiger partial charge in [-0.05, 0) is 55.6 Å². The molecule has 0 aromatic rings. The van der Waals surface area contributed by atoms with Crippen LogP contribution in [-0.2, 0) is 9.59 Å². The van der Waals surface area contributed by atoms with E-state index in [1.807, 2.05) is 13.0 Å². The summed E-state index contributed by atoms with van der Waals surface area (Å²) >= 11 is 0. The number of aliphatic hydroxyl groups is 3. The summed E-state index contributed by atoms with van der Waals surface area (Å²) < 4.78 is 0. The van der Waals surface area contributed by atoms with Crippen molar-refractivity contribution in [2.45, 2.75) is 58.2 Å². The van der Waals surface area contributed by atoms with Crippen molar-refractivity contribution in [3.63, 3.8) is 0 Å². The van der Waals surface area contributed by atoms with E-state index in [9.17, 15) is 24.9 Å². The SMILES string of the molecule is C[C@H]1C[C@@H]2[C@H]([C@@H](O)C[C@@]3(C)[C@H]2CC[C@]3(O)C(=O)CO)[C@@]2(C)C=CC(=O)C=C12.[CaH2]. The number of hydrogen-bond acceptors (Lipinski definition) is 5. The molecule has 0 amide bonds. The maximum atomic E-state index is 12.4. The molecule has 0 unspecified atom stereocenters. The van der Waals surface area contributed by atoms with Gasteiger partial charge in [-0.1, -0.05) is 32.4 Å². The molecule has 0 aromatic heterocycles. The molecule has 4 aliphatic rings. The minimum atomic E-state index is -1.57. The summed E-state index contributed by atoms with van der Waals surface area (Å²) in [6.45, 7) is 5.48. The fourth-order valence-electron chi connectivity index (χ4n) is 7.34. The molecule has 152 valence electrons. The number of aliphatic hydroxyl groups excluding tert-OH is 2. The van der Waals surface area contributed by atoms with Crippen LogP contribution in [0, 0.1) is 34.5 Å². The number of carbonyl (C=O) groups excluding carboxylic acids is 2. The van der Waals surface area contributed by atoms with Crippen molar-refractivity contribution in [2.24, 2.45) is 34.5 Å². The fraction of sp³-hybridized carbons (Fsp3) is 0.727. The van der Waals surface area contributed by atoms with Crippen molar-refractivity contribution >= 4 is 49.3 Å².